The molecule has 0 saturated heterocycles. The van der Waals surface area contributed by atoms with E-state index in [1.807, 2.05) is 18.2 Å². The summed E-state index contributed by atoms with van der Waals surface area (Å²) in [6.45, 7) is -0.0767. The summed E-state index contributed by atoms with van der Waals surface area (Å²) in [6.07, 6.45) is 1.36. The van der Waals surface area contributed by atoms with Crippen LogP contribution >= 0.6 is 0 Å². The Bertz CT molecular complexity index is 952. The first-order chi connectivity index (χ1) is 10.6. The van der Waals surface area contributed by atoms with Crippen molar-refractivity contribution in [2.75, 3.05) is 5.32 Å². The first-order valence-corrected chi connectivity index (χ1v) is 6.55. The molecular weight excluding hydrogens is 286 g/mol. The number of imidazole rings is 1. The number of aromatic nitrogens is 4. The highest BCUT2D eigenvalue weighted by Gasteiger charge is 2.13. The third-order valence-electron chi connectivity index (χ3n) is 3.25. The van der Waals surface area contributed by atoms with E-state index in [9.17, 15) is 14.4 Å². The number of para-hydroxylation sites is 1. The number of fused-ring (bicyclic) bond motifs is 1. The molecule has 0 aliphatic rings. The lowest BCUT2D eigenvalue weighted by molar-refractivity contribution is -0.116. The van der Waals surface area contributed by atoms with Crippen LogP contribution in [0.5, 0.6) is 0 Å². The van der Waals surface area contributed by atoms with Gasteiger partial charge in [0.2, 0.25) is 5.91 Å². The second kappa shape index (κ2) is 5.32. The first-order valence-electron chi connectivity index (χ1n) is 6.55. The molecule has 112 valence electrons. The maximum atomic E-state index is 12.0. The summed E-state index contributed by atoms with van der Waals surface area (Å²) in [6, 6.07) is 8.99. The quantitative estimate of drug-likeness (QED) is 0.714. The first kappa shape index (κ1) is 13.8. The maximum absolute atomic E-state index is 12.0. The van der Waals surface area contributed by atoms with Gasteiger partial charge >= 0.3 is 5.69 Å². The summed E-state index contributed by atoms with van der Waals surface area (Å²) in [5.41, 5.74) is -0.0237. The largest absolute Gasteiger partial charge is 0.329 e. The van der Waals surface area contributed by atoms with E-state index in [1.54, 1.807) is 12.1 Å². The smallest absolute Gasteiger partial charge is 0.325 e. The summed E-state index contributed by atoms with van der Waals surface area (Å²) >= 11 is 0. The Morgan fingerprint density at radius 2 is 2.00 bits per heavy atom. The molecular formula is C14H13N5O3. The SMILES string of the molecule is Cn1c(=O)[nH]c(=O)c2c1ncn2CC(=O)Nc1ccccc1. The molecule has 0 fully saturated rings. The van der Waals surface area contributed by atoms with Gasteiger partial charge in [-0.05, 0) is 12.1 Å². The van der Waals surface area contributed by atoms with Crippen molar-refractivity contribution < 1.29 is 4.79 Å². The van der Waals surface area contributed by atoms with Crippen LogP contribution in [0.1, 0.15) is 0 Å². The van der Waals surface area contributed by atoms with E-state index in [0.29, 0.717) is 5.69 Å². The summed E-state index contributed by atoms with van der Waals surface area (Å²) in [7, 11) is 1.50. The van der Waals surface area contributed by atoms with Crippen molar-refractivity contribution in [3.8, 4) is 0 Å². The minimum Gasteiger partial charge on any atom is -0.325 e. The number of nitrogens with zero attached hydrogens (tertiary/aromatic N) is 3. The number of nitrogens with one attached hydrogen (secondary N) is 2. The Balaban J connectivity index is 1.92. The Hall–Kier alpha value is -3.16. The fraction of sp³-hybridized carbons (Fsp3) is 0.143. The number of aromatic amines is 1. The molecule has 2 aromatic heterocycles. The number of anilines is 1. The van der Waals surface area contributed by atoms with Crippen molar-refractivity contribution in [3.63, 3.8) is 0 Å². The summed E-state index contributed by atoms with van der Waals surface area (Å²) < 4.78 is 2.63. The van der Waals surface area contributed by atoms with Gasteiger partial charge in [0.15, 0.2) is 11.2 Å². The minimum absolute atomic E-state index is 0.0767. The standard InChI is InChI=1S/C14H13N5O3/c1-18-12-11(13(21)17-14(18)22)19(8-15-12)7-10(20)16-9-5-3-2-4-6-9/h2-6,8H,7H2,1H3,(H,16,20)(H,17,21,22). The van der Waals surface area contributed by atoms with Crippen LogP contribution < -0.4 is 16.6 Å². The van der Waals surface area contributed by atoms with Crippen molar-refractivity contribution in [2.45, 2.75) is 6.54 Å². The molecule has 1 aromatic carbocycles. The Kier molecular flexibility index (Phi) is 3.34. The molecule has 8 heteroatoms. The Labute approximate surface area is 124 Å². The third-order valence-corrected chi connectivity index (χ3v) is 3.25. The van der Waals surface area contributed by atoms with Crippen LogP contribution in [-0.4, -0.2) is 25.0 Å². The number of benzene rings is 1. The van der Waals surface area contributed by atoms with E-state index in [0.717, 1.165) is 0 Å². The number of amides is 1. The molecule has 0 aliphatic heterocycles. The molecule has 2 N–H and O–H groups in total. The van der Waals surface area contributed by atoms with Crippen molar-refractivity contribution >= 4 is 22.8 Å². The zero-order chi connectivity index (χ0) is 15.7. The molecule has 0 atom stereocenters. The van der Waals surface area contributed by atoms with Gasteiger partial charge in [0.1, 0.15) is 6.54 Å². The van der Waals surface area contributed by atoms with Crippen LogP contribution in [0, 0.1) is 0 Å². The lowest BCUT2D eigenvalue weighted by atomic mass is 10.3. The van der Waals surface area contributed by atoms with Gasteiger partial charge in [-0.25, -0.2) is 9.78 Å². The fourth-order valence-corrected chi connectivity index (χ4v) is 2.18. The number of aryl methyl sites for hydroxylation is 1. The van der Waals surface area contributed by atoms with E-state index in [4.69, 9.17) is 0 Å². The van der Waals surface area contributed by atoms with Gasteiger partial charge in [-0.15, -0.1) is 0 Å². The molecule has 8 nitrogen and oxygen atoms in total. The second-order valence-electron chi connectivity index (χ2n) is 4.78. The van der Waals surface area contributed by atoms with Crippen LogP contribution in [0.15, 0.2) is 46.2 Å². The van der Waals surface area contributed by atoms with Crippen LogP contribution in [0.2, 0.25) is 0 Å². The number of H-pyrrole nitrogens is 1. The van der Waals surface area contributed by atoms with Gasteiger partial charge in [-0.1, -0.05) is 18.2 Å². The zero-order valence-corrected chi connectivity index (χ0v) is 11.7. The molecule has 1 amide bonds. The predicted octanol–water partition coefficient (Wildman–Crippen LogP) is 0.0620. The van der Waals surface area contributed by atoms with Gasteiger partial charge in [-0.3, -0.25) is 19.1 Å². The predicted molar refractivity (Wildman–Crippen MR) is 80.7 cm³/mol. The molecule has 22 heavy (non-hydrogen) atoms. The van der Waals surface area contributed by atoms with Crippen molar-refractivity contribution in [3.05, 3.63) is 57.5 Å². The topological polar surface area (TPSA) is 102 Å². The van der Waals surface area contributed by atoms with Crippen molar-refractivity contribution in [1.82, 2.24) is 19.1 Å². The molecule has 2 heterocycles. The number of carbonyl (C=O) groups excluding carboxylic acids is 1. The number of rotatable bonds is 3. The molecule has 3 rings (SSSR count). The highest BCUT2D eigenvalue weighted by Crippen LogP contribution is 2.07. The van der Waals surface area contributed by atoms with Crippen LogP contribution in [-0.2, 0) is 18.4 Å². The Morgan fingerprint density at radius 3 is 2.73 bits per heavy atom. The van der Waals surface area contributed by atoms with Gasteiger partial charge in [0, 0.05) is 12.7 Å². The highest BCUT2D eigenvalue weighted by molar-refractivity contribution is 5.91. The normalized spacial score (nSPS) is 10.8. The maximum Gasteiger partial charge on any atom is 0.329 e. The lowest BCUT2D eigenvalue weighted by Gasteiger charge is -2.06. The molecule has 0 unspecified atom stereocenters. The lowest BCUT2D eigenvalue weighted by Crippen LogP contribution is -2.30. The van der Waals surface area contributed by atoms with E-state index < -0.39 is 11.2 Å². The molecule has 0 saturated carbocycles. The summed E-state index contributed by atoms with van der Waals surface area (Å²) in [5.74, 6) is -0.293. The number of hydrogen-bond acceptors (Lipinski definition) is 4. The van der Waals surface area contributed by atoms with E-state index >= 15 is 0 Å². The van der Waals surface area contributed by atoms with Gasteiger partial charge < -0.3 is 9.88 Å². The van der Waals surface area contributed by atoms with Crippen LogP contribution in [0.25, 0.3) is 11.2 Å². The third kappa shape index (κ3) is 2.41. The zero-order valence-electron chi connectivity index (χ0n) is 11.7. The van der Waals surface area contributed by atoms with Gasteiger partial charge in [0.05, 0.1) is 6.33 Å². The Morgan fingerprint density at radius 1 is 1.27 bits per heavy atom. The average Bonchev–Trinajstić information content (AvgIpc) is 2.90. The van der Waals surface area contributed by atoms with E-state index in [-0.39, 0.29) is 23.6 Å². The second-order valence-corrected chi connectivity index (χ2v) is 4.78. The monoisotopic (exact) mass is 299 g/mol. The van der Waals surface area contributed by atoms with E-state index in [2.05, 4.69) is 15.3 Å². The minimum atomic E-state index is -0.567. The molecule has 0 spiro atoms. The number of hydrogen-bond donors (Lipinski definition) is 2. The van der Waals surface area contributed by atoms with Gasteiger partial charge in [0.25, 0.3) is 5.56 Å². The molecule has 0 bridgehead atoms. The van der Waals surface area contributed by atoms with Gasteiger partial charge in [-0.2, -0.15) is 0 Å². The molecule has 0 radical (unpaired) electrons. The van der Waals surface area contributed by atoms with Crippen molar-refractivity contribution in [2.24, 2.45) is 7.05 Å². The fourth-order valence-electron chi connectivity index (χ4n) is 2.18. The van der Waals surface area contributed by atoms with Crippen LogP contribution in [0.4, 0.5) is 5.69 Å². The summed E-state index contributed by atoms with van der Waals surface area (Å²) in [4.78, 5) is 41.7. The highest BCUT2D eigenvalue weighted by atomic mass is 16.2. The van der Waals surface area contributed by atoms with E-state index in [1.165, 1.54) is 22.5 Å². The number of carbonyl (C=O) groups is 1. The van der Waals surface area contributed by atoms with Crippen molar-refractivity contribution in [1.29, 1.82) is 0 Å². The molecule has 3 aromatic rings. The average molecular weight is 299 g/mol. The van der Waals surface area contributed by atoms with Crippen LogP contribution in [0.3, 0.4) is 0 Å². The summed E-state index contributed by atoms with van der Waals surface area (Å²) in [5, 5.41) is 2.72. The molecule has 0 aliphatic carbocycles.